The van der Waals surface area contributed by atoms with Crippen molar-refractivity contribution in [3.8, 4) is 0 Å². The summed E-state index contributed by atoms with van der Waals surface area (Å²) in [5, 5.41) is 3.49. The number of amides is 2. The van der Waals surface area contributed by atoms with Crippen molar-refractivity contribution in [1.82, 2.24) is 4.90 Å². The van der Waals surface area contributed by atoms with E-state index < -0.39 is 0 Å². The highest BCUT2D eigenvalue weighted by Gasteiger charge is 2.25. The summed E-state index contributed by atoms with van der Waals surface area (Å²) >= 11 is 12.2. The molecule has 0 radical (unpaired) electrons. The van der Waals surface area contributed by atoms with E-state index in [2.05, 4.69) is 5.32 Å². The first-order valence-corrected chi connectivity index (χ1v) is 9.59. The Morgan fingerprint density at radius 3 is 2.48 bits per heavy atom. The lowest BCUT2D eigenvalue weighted by Crippen LogP contribution is -2.42. The van der Waals surface area contributed by atoms with Gasteiger partial charge in [-0.05, 0) is 36.7 Å². The minimum atomic E-state index is -0.263. The predicted octanol–water partition coefficient (Wildman–Crippen LogP) is 3.84. The lowest BCUT2D eigenvalue weighted by molar-refractivity contribution is -0.121. The second-order valence-electron chi connectivity index (χ2n) is 6.37. The lowest BCUT2D eigenvalue weighted by Gasteiger charge is -2.24. The van der Waals surface area contributed by atoms with E-state index in [-0.39, 0.29) is 24.9 Å². The molecule has 1 heterocycles. The predicted molar refractivity (Wildman–Crippen MR) is 110 cm³/mol. The van der Waals surface area contributed by atoms with Crippen molar-refractivity contribution in [3.63, 3.8) is 0 Å². The highest BCUT2D eigenvalue weighted by Crippen LogP contribution is 2.30. The Morgan fingerprint density at radius 1 is 1.07 bits per heavy atom. The van der Waals surface area contributed by atoms with Crippen molar-refractivity contribution < 1.29 is 9.59 Å². The fourth-order valence-electron chi connectivity index (χ4n) is 3.15. The van der Waals surface area contributed by atoms with Crippen LogP contribution in [0.15, 0.2) is 42.5 Å². The number of nitrogens with zero attached hydrogens (tertiary/aromatic N) is 2. The maximum atomic E-state index is 12.7. The first-order valence-electron chi connectivity index (χ1n) is 8.84. The molecule has 1 N–H and O–H groups in total. The maximum Gasteiger partial charge on any atom is 0.241 e. The molecule has 0 unspecified atom stereocenters. The highest BCUT2D eigenvalue weighted by atomic mass is 35.5. The topological polar surface area (TPSA) is 52.7 Å². The molecule has 2 aromatic rings. The van der Waals surface area contributed by atoms with Gasteiger partial charge in [0.2, 0.25) is 11.8 Å². The van der Waals surface area contributed by atoms with E-state index in [4.69, 9.17) is 23.2 Å². The second kappa shape index (κ2) is 8.74. The monoisotopic (exact) mass is 405 g/mol. The lowest BCUT2D eigenvalue weighted by atomic mass is 10.2. The molecule has 5 nitrogen and oxygen atoms in total. The van der Waals surface area contributed by atoms with E-state index >= 15 is 0 Å². The van der Waals surface area contributed by atoms with E-state index in [1.165, 1.54) is 5.56 Å². The Morgan fingerprint density at radius 2 is 1.78 bits per heavy atom. The van der Waals surface area contributed by atoms with Gasteiger partial charge in [-0.15, -0.1) is 0 Å². The van der Waals surface area contributed by atoms with E-state index in [0.29, 0.717) is 28.8 Å². The van der Waals surface area contributed by atoms with Crippen molar-refractivity contribution in [3.05, 3.63) is 58.1 Å². The number of para-hydroxylation sites is 2. The SMILES string of the molecule is CCN(CC(=O)Nc1c(Cl)cccc1Cl)CC(=O)N1CCc2ccccc21. The molecule has 2 amide bonds. The summed E-state index contributed by atoms with van der Waals surface area (Å²) in [4.78, 5) is 28.7. The number of rotatable bonds is 6. The Hall–Kier alpha value is -2.08. The number of carbonyl (C=O) groups is 2. The fraction of sp³-hybridized carbons (Fsp3) is 0.300. The van der Waals surface area contributed by atoms with Gasteiger partial charge in [0.05, 0.1) is 28.8 Å². The zero-order valence-electron chi connectivity index (χ0n) is 15.0. The largest absolute Gasteiger partial charge is 0.322 e. The Labute approximate surface area is 168 Å². The van der Waals surface area contributed by atoms with Crippen LogP contribution in [0.25, 0.3) is 0 Å². The van der Waals surface area contributed by atoms with Crippen molar-refractivity contribution in [2.75, 3.05) is 36.4 Å². The average molecular weight is 406 g/mol. The summed E-state index contributed by atoms with van der Waals surface area (Å²) in [5.41, 5.74) is 2.53. The van der Waals surface area contributed by atoms with E-state index in [0.717, 1.165) is 12.1 Å². The minimum absolute atomic E-state index is 0.00891. The molecule has 0 aromatic heterocycles. The minimum Gasteiger partial charge on any atom is -0.322 e. The molecule has 0 saturated carbocycles. The van der Waals surface area contributed by atoms with Crippen LogP contribution in [0.5, 0.6) is 0 Å². The summed E-state index contributed by atoms with van der Waals surface area (Å²) < 4.78 is 0. The first-order chi connectivity index (χ1) is 13.0. The Kier molecular flexibility index (Phi) is 6.37. The van der Waals surface area contributed by atoms with Crippen molar-refractivity contribution in [2.24, 2.45) is 0 Å². The molecule has 142 valence electrons. The van der Waals surface area contributed by atoms with Gasteiger partial charge in [0, 0.05) is 12.2 Å². The van der Waals surface area contributed by atoms with Crippen LogP contribution in [0.3, 0.4) is 0 Å². The van der Waals surface area contributed by atoms with E-state index in [9.17, 15) is 9.59 Å². The number of fused-ring (bicyclic) bond motifs is 1. The third-order valence-electron chi connectivity index (χ3n) is 4.59. The molecule has 0 bridgehead atoms. The summed E-state index contributed by atoms with van der Waals surface area (Å²) in [6.45, 7) is 3.43. The van der Waals surface area contributed by atoms with Crippen LogP contribution < -0.4 is 10.2 Å². The van der Waals surface area contributed by atoms with Crippen LogP contribution in [-0.2, 0) is 16.0 Å². The highest BCUT2D eigenvalue weighted by molar-refractivity contribution is 6.39. The van der Waals surface area contributed by atoms with Crippen molar-refractivity contribution in [1.29, 1.82) is 0 Å². The molecule has 7 heteroatoms. The standard InChI is InChI=1S/C20H21Cl2N3O2/c1-2-24(12-18(26)23-20-15(21)7-5-8-16(20)22)13-19(27)25-11-10-14-6-3-4-9-17(14)25/h3-9H,2,10-13H2,1H3,(H,23,26). The van der Waals surface area contributed by atoms with Crippen LogP contribution in [0.4, 0.5) is 11.4 Å². The molecule has 3 rings (SSSR count). The Balaban J connectivity index is 1.61. The van der Waals surface area contributed by atoms with Gasteiger partial charge >= 0.3 is 0 Å². The average Bonchev–Trinajstić information content (AvgIpc) is 3.08. The number of hydrogen-bond donors (Lipinski definition) is 1. The third-order valence-corrected chi connectivity index (χ3v) is 5.22. The van der Waals surface area contributed by atoms with Gasteiger partial charge < -0.3 is 10.2 Å². The molecule has 2 aromatic carbocycles. The van der Waals surface area contributed by atoms with Gasteiger partial charge in [-0.2, -0.15) is 0 Å². The molecule has 27 heavy (non-hydrogen) atoms. The van der Waals surface area contributed by atoms with Crippen molar-refractivity contribution >= 4 is 46.4 Å². The van der Waals surface area contributed by atoms with E-state index in [1.54, 1.807) is 28.0 Å². The number of halogens is 2. The first kappa shape index (κ1) is 19.7. The molecule has 0 fully saturated rings. The van der Waals surface area contributed by atoms with Crippen molar-refractivity contribution in [2.45, 2.75) is 13.3 Å². The van der Waals surface area contributed by atoms with Crippen LogP contribution >= 0.6 is 23.2 Å². The quantitative estimate of drug-likeness (QED) is 0.793. The molecule has 0 spiro atoms. The number of likely N-dealkylation sites (N-methyl/N-ethyl adjacent to an activating group) is 1. The number of benzene rings is 2. The van der Waals surface area contributed by atoms with Gasteiger partial charge in [-0.25, -0.2) is 0 Å². The van der Waals surface area contributed by atoms with Crippen LogP contribution in [0.1, 0.15) is 12.5 Å². The zero-order valence-corrected chi connectivity index (χ0v) is 16.6. The van der Waals surface area contributed by atoms with E-state index in [1.807, 2.05) is 31.2 Å². The number of carbonyl (C=O) groups excluding carboxylic acids is 2. The zero-order chi connectivity index (χ0) is 19.4. The molecule has 0 atom stereocenters. The van der Waals surface area contributed by atoms with Gasteiger partial charge in [0.25, 0.3) is 0 Å². The fourth-order valence-corrected chi connectivity index (χ4v) is 3.64. The van der Waals surface area contributed by atoms with Gasteiger partial charge in [0.15, 0.2) is 0 Å². The smallest absolute Gasteiger partial charge is 0.241 e. The summed E-state index contributed by atoms with van der Waals surface area (Å²) in [5.74, 6) is -0.271. The normalized spacial score (nSPS) is 13.0. The third kappa shape index (κ3) is 4.61. The molecule has 1 aliphatic heterocycles. The van der Waals surface area contributed by atoms with Gasteiger partial charge in [-0.3, -0.25) is 14.5 Å². The summed E-state index contributed by atoms with van der Waals surface area (Å²) in [7, 11) is 0. The Bertz CT molecular complexity index is 837. The number of hydrogen-bond acceptors (Lipinski definition) is 3. The molecule has 1 aliphatic rings. The summed E-state index contributed by atoms with van der Waals surface area (Å²) in [6, 6.07) is 13.0. The molecule has 0 saturated heterocycles. The number of nitrogens with one attached hydrogen (secondary N) is 1. The van der Waals surface area contributed by atoms with Gasteiger partial charge in [0.1, 0.15) is 0 Å². The molecular weight excluding hydrogens is 385 g/mol. The second-order valence-corrected chi connectivity index (χ2v) is 7.19. The van der Waals surface area contributed by atoms with Crippen LogP contribution in [0.2, 0.25) is 10.0 Å². The molecular formula is C20H21Cl2N3O2. The summed E-state index contributed by atoms with van der Waals surface area (Å²) in [6.07, 6.45) is 0.861. The van der Waals surface area contributed by atoms with Crippen LogP contribution in [0, 0.1) is 0 Å². The van der Waals surface area contributed by atoms with Crippen LogP contribution in [-0.4, -0.2) is 42.9 Å². The van der Waals surface area contributed by atoms with Gasteiger partial charge in [-0.1, -0.05) is 54.4 Å². The number of anilines is 2. The maximum absolute atomic E-state index is 12.7. The molecule has 0 aliphatic carbocycles.